The van der Waals surface area contributed by atoms with Gasteiger partial charge in [-0.2, -0.15) is 17.5 Å². The fourth-order valence-electron chi connectivity index (χ4n) is 5.60. The Balaban J connectivity index is 1.54. The highest BCUT2D eigenvalue weighted by molar-refractivity contribution is 7.91. The first-order valence-electron chi connectivity index (χ1n) is 12.8. The zero-order valence-corrected chi connectivity index (χ0v) is 23.6. The predicted octanol–water partition coefficient (Wildman–Crippen LogP) is 2.27. The lowest BCUT2D eigenvalue weighted by atomic mass is 9.74. The smallest absolute Gasteiger partial charge is 0.435 e. The molecule has 2 saturated heterocycles. The molecule has 10 nitrogen and oxygen atoms in total. The Kier molecular flexibility index (Phi) is 9.01. The summed E-state index contributed by atoms with van der Waals surface area (Å²) in [4.78, 5) is 26.0. The molecule has 3 heterocycles. The van der Waals surface area contributed by atoms with E-state index in [-0.39, 0.29) is 64.5 Å². The van der Waals surface area contributed by atoms with E-state index in [1.165, 1.54) is 21.3 Å². The SMILES string of the molecule is NC(OC(=O)C(F)(F)F)c1ccc(S(=O)(=O)N2C[C@@H](C(=O)N3CCS(=O)(=O)CC3)C[C@@H](C3CCCCC3)C2)s1. The van der Waals surface area contributed by atoms with Gasteiger partial charge in [-0.1, -0.05) is 32.1 Å². The number of nitrogens with zero attached hydrogens (tertiary/aromatic N) is 2. The van der Waals surface area contributed by atoms with Crippen LogP contribution >= 0.6 is 11.3 Å². The second kappa shape index (κ2) is 11.6. The fraction of sp³-hybridized carbons (Fsp3) is 0.739. The van der Waals surface area contributed by atoms with Gasteiger partial charge in [-0.15, -0.1) is 11.3 Å². The van der Waals surface area contributed by atoms with Gasteiger partial charge >= 0.3 is 12.1 Å². The summed E-state index contributed by atoms with van der Waals surface area (Å²) in [6.45, 7) is 0.256. The van der Waals surface area contributed by atoms with Crippen molar-refractivity contribution in [1.29, 1.82) is 0 Å². The molecule has 2 N–H and O–H groups in total. The topological polar surface area (TPSA) is 144 Å². The molecule has 2 aliphatic heterocycles. The third kappa shape index (κ3) is 7.13. The molecule has 1 unspecified atom stereocenters. The van der Waals surface area contributed by atoms with Gasteiger partial charge in [0, 0.05) is 26.2 Å². The minimum absolute atomic E-state index is 0.0641. The molecule has 0 aromatic carbocycles. The number of esters is 1. The normalized spacial score (nSPS) is 26.2. The lowest BCUT2D eigenvalue weighted by Gasteiger charge is -2.42. The van der Waals surface area contributed by atoms with Crippen molar-refractivity contribution in [3.05, 3.63) is 17.0 Å². The van der Waals surface area contributed by atoms with Crippen LogP contribution in [-0.4, -0.2) is 81.8 Å². The third-order valence-electron chi connectivity index (χ3n) is 7.71. The van der Waals surface area contributed by atoms with Crippen molar-refractivity contribution in [1.82, 2.24) is 9.21 Å². The third-order valence-corrected chi connectivity index (χ3v) is 12.8. The number of carbonyl (C=O) groups is 2. The number of halogens is 3. The molecule has 3 fully saturated rings. The maximum Gasteiger partial charge on any atom is 0.490 e. The molecular formula is C23H32F3N3O7S3. The maximum absolute atomic E-state index is 13.7. The first-order valence-corrected chi connectivity index (χ1v) is 16.9. The second-order valence-corrected chi connectivity index (χ2v) is 16.0. The number of nitrogens with two attached hydrogens (primary N) is 1. The highest BCUT2D eigenvalue weighted by Gasteiger charge is 2.44. The standard InChI is InChI=1S/C23H32F3N3O7S3/c24-23(25,26)22(31)36-20(27)18-6-7-19(37-18)39(34,35)29-13-16(15-4-2-1-3-5-15)12-17(14-29)21(30)28-8-10-38(32,33)11-9-28/h6-7,15-17,20H,1-5,8-14,27H2/t16-,17+,20?/m1/s1. The molecule has 1 aromatic rings. The monoisotopic (exact) mass is 615 g/mol. The Morgan fingerprint density at radius 1 is 1.05 bits per heavy atom. The molecule has 3 atom stereocenters. The highest BCUT2D eigenvalue weighted by atomic mass is 32.2. The van der Waals surface area contributed by atoms with E-state index in [0.29, 0.717) is 17.8 Å². The number of rotatable bonds is 6. The summed E-state index contributed by atoms with van der Waals surface area (Å²) in [5.41, 5.74) is 5.58. The Morgan fingerprint density at radius 2 is 1.69 bits per heavy atom. The summed E-state index contributed by atoms with van der Waals surface area (Å²) in [6, 6.07) is 2.40. The van der Waals surface area contributed by atoms with Gasteiger partial charge in [0.1, 0.15) is 4.21 Å². The number of hydrogen-bond donors (Lipinski definition) is 1. The van der Waals surface area contributed by atoms with Crippen LogP contribution in [0.3, 0.4) is 0 Å². The molecule has 1 amide bonds. The number of thiophene rings is 1. The van der Waals surface area contributed by atoms with E-state index in [9.17, 15) is 39.6 Å². The molecule has 16 heteroatoms. The van der Waals surface area contributed by atoms with E-state index in [0.717, 1.165) is 32.1 Å². The van der Waals surface area contributed by atoms with Crippen molar-refractivity contribution in [3.63, 3.8) is 0 Å². The van der Waals surface area contributed by atoms with Gasteiger partial charge in [0.2, 0.25) is 5.91 Å². The zero-order valence-electron chi connectivity index (χ0n) is 21.1. The van der Waals surface area contributed by atoms with Crippen LogP contribution in [0.25, 0.3) is 0 Å². The Labute approximate surface area is 229 Å². The highest BCUT2D eigenvalue weighted by Crippen LogP contribution is 2.39. The van der Waals surface area contributed by atoms with Crippen LogP contribution in [0.1, 0.15) is 49.6 Å². The van der Waals surface area contributed by atoms with Gasteiger partial charge < -0.3 is 9.64 Å². The number of alkyl halides is 3. The van der Waals surface area contributed by atoms with Crippen molar-refractivity contribution in [2.75, 3.05) is 37.7 Å². The summed E-state index contributed by atoms with van der Waals surface area (Å²) in [5, 5.41) is 0. The molecule has 39 heavy (non-hydrogen) atoms. The molecule has 220 valence electrons. The van der Waals surface area contributed by atoms with Gasteiger partial charge in [-0.25, -0.2) is 21.6 Å². The van der Waals surface area contributed by atoms with Crippen LogP contribution in [0.15, 0.2) is 16.3 Å². The summed E-state index contributed by atoms with van der Waals surface area (Å²) < 4.78 is 93.9. The van der Waals surface area contributed by atoms with Crippen molar-refractivity contribution < 1.29 is 44.3 Å². The molecule has 1 aromatic heterocycles. The average molecular weight is 616 g/mol. The molecule has 1 aliphatic carbocycles. The number of carbonyl (C=O) groups excluding carboxylic acids is 2. The van der Waals surface area contributed by atoms with Crippen molar-refractivity contribution in [2.45, 2.75) is 55.1 Å². The van der Waals surface area contributed by atoms with Crippen LogP contribution in [0.5, 0.6) is 0 Å². The number of piperidine rings is 1. The van der Waals surface area contributed by atoms with Gasteiger partial charge in [0.05, 0.1) is 22.3 Å². The van der Waals surface area contributed by atoms with Crippen molar-refractivity contribution in [2.24, 2.45) is 23.5 Å². The van der Waals surface area contributed by atoms with Crippen molar-refractivity contribution >= 4 is 43.1 Å². The molecule has 1 saturated carbocycles. The van der Waals surface area contributed by atoms with Crippen LogP contribution in [0.4, 0.5) is 13.2 Å². The Morgan fingerprint density at radius 3 is 2.31 bits per heavy atom. The van der Waals surface area contributed by atoms with Crippen LogP contribution in [-0.2, 0) is 34.2 Å². The second-order valence-electron chi connectivity index (χ2n) is 10.4. The number of sulfonamides is 1. The van der Waals surface area contributed by atoms with E-state index in [1.54, 1.807) is 0 Å². The number of hydrogen-bond acceptors (Lipinski definition) is 9. The Bertz CT molecular complexity index is 1260. The quantitative estimate of drug-likeness (QED) is 0.379. The van der Waals surface area contributed by atoms with Crippen molar-refractivity contribution in [3.8, 4) is 0 Å². The zero-order chi connectivity index (χ0) is 28.6. The lowest BCUT2D eigenvalue weighted by Crippen LogP contribution is -2.53. The molecular weight excluding hydrogens is 583 g/mol. The molecule has 4 rings (SSSR count). The molecule has 0 radical (unpaired) electrons. The number of ether oxygens (including phenoxy) is 1. The largest absolute Gasteiger partial charge is 0.490 e. The summed E-state index contributed by atoms with van der Waals surface area (Å²) in [6.07, 6.45) is -1.51. The van der Waals surface area contributed by atoms with Gasteiger partial charge in [0.25, 0.3) is 10.0 Å². The summed E-state index contributed by atoms with van der Waals surface area (Å²) in [7, 11) is -7.35. The first-order chi connectivity index (χ1) is 18.2. The summed E-state index contributed by atoms with van der Waals surface area (Å²) in [5.74, 6) is -3.46. The van der Waals surface area contributed by atoms with Gasteiger partial charge in [-0.3, -0.25) is 10.5 Å². The van der Waals surface area contributed by atoms with E-state index < -0.39 is 44.2 Å². The number of amides is 1. The van der Waals surface area contributed by atoms with Gasteiger partial charge in [-0.05, 0) is 30.4 Å². The minimum Gasteiger partial charge on any atom is -0.435 e. The average Bonchev–Trinajstić information content (AvgIpc) is 3.39. The Hall–Kier alpha value is -1.75. The molecule has 0 bridgehead atoms. The maximum atomic E-state index is 13.7. The van der Waals surface area contributed by atoms with Gasteiger partial charge in [0.15, 0.2) is 16.1 Å². The molecule has 3 aliphatic rings. The lowest BCUT2D eigenvalue weighted by molar-refractivity contribution is -0.205. The predicted molar refractivity (Wildman–Crippen MR) is 136 cm³/mol. The first kappa shape index (κ1) is 30.2. The van der Waals surface area contributed by atoms with Crippen LogP contribution in [0, 0.1) is 17.8 Å². The van der Waals surface area contributed by atoms with E-state index >= 15 is 0 Å². The number of sulfone groups is 1. The molecule has 0 spiro atoms. The van der Waals surface area contributed by atoms with E-state index in [4.69, 9.17) is 5.73 Å². The van der Waals surface area contributed by atoms with Crippen LogP contribution in [0.2, 0.25) is 0 Å². The van der Waals surface area contributed by atoms with E-state index in [1.807, 2.05) is 0 Å². The van der Waals surface area contributed by atoms with E-state index in [2.05, 4.69) is 4.74 Å². The fourth-order valence-corrected chi connectivity index (χ4v) is 9.76. The minimum atomic E-state index is -5.24. The van der Waals surface area contributed by atoms with Crippen LogP contribution < -0.4 is 5.73 Å². The summed E-state index contributed by atoms with van der Waals surface area (Å²) >= 11 is 0.607.